The molecule has 2 N–H and O–H groups in total. The van der Waals surface area contributed by atoms with Gasteiger partial charge in [0.15, 0.2) is 11.6 Å². The van der Waals surface area contributed by atoms with Gasteiger partial charge in [-0.1, -0.05) is 26.0 Å². The third-order valence-corrected chi connectivity index (χ3v) is 12.5. The van der Waals surface area contributed by atoms with Gasteiger partial charge in [-0.25, -0.2) is 17.8 Å². The fourth-order valence-electron chi connectivity index (χ4n) is 7.08. The van der Waals surface area contributed by atoms with E-state index in [0.717, 1.165) is 19.3 Å². The summed E-state index contributed by atoms with van der Waals surface area (Å²) >= 11 is 0. The number of carbonyl (C=O) groups is 3. The summed E-state index contributed by atoms with van der Waals surface area (Å²) in [5.74, 6) is -1.76. The second kappa shape index (κ2) is 12.9. The maximum atomic E-state index is 14.8. The number of halogens is 1. The predicted molar refractivity (Wildman–Crippen MR) is 177 cm³/mol. The van der Waals surface area contributed by atoms with Crippen molar-refractivity contribution in [2.75, 3.05) is 13.2 Å². The minimum atomic E-state index is -3.94. The first kappa shape index (κ1) is 34.1. The molecule has 2 saturated carbocycles. The number of pyridine rings is 1. The summed E-state index contributed by atoms with van der Waals surface area (Å²) in [6.45, 7) is 7.94. The molecule has 0 radical (unpaired) electrons. The molecule has 1 saturated heterocycles. The molecule has 13 heteroatoms. The average Bonchev–Trinajstić information content (AvgIpc) is 3.90. The van der Waals surface area contributed by atoms with Gasteiger partial charge in [-0.15, -0.1) is 0 Å². The molecule has 2 aliphatic carbocycles. The van der Waals surface area contributed by atoms with Crippen LogP contribution in [0.5, 0.6) is 11.6 Å². The maximum absolute atomic E-state index is 14.8. The number of allylic oxidation sites excluding steroid dienone is 1. The second-order valence-corrected chi connectivity index (χ2v) is 16.6. The SMILES string of the molecule is CCOc1cc2ccnc(O[C@@H]3C[C@H]4C(=O)N[C@]5(C(=O)NS(=O)(=O)C6(C)CC6)C[C@H]5/C=C\CC[C@@H](C)C[C@@H](C)CC(=O)N4C3)c2cc1F. The summed E-state index contributed by atoms with van der Waals surface area (Å²) < 4.78 is 53.8. The van der Waals surface area contributed by atoms with Crippen molar-refractivity contribution >= 4 is 38.5 Å². The molecule has 3 fully saturated rings. The molecule has 4 aliphatic rings. The van der Waals surface area contributed by atoms with Gasteiger partial charge in [0, 0.05) is 30.3 Å². The topological polar surface area (TPSA) is 144 Å². The van der Waals surface area contributed by atoms with Gasteiger partial charge in [-0.2, -0.15) is 0 Å². The normalized spacial score (nSPS) is 31.0. The summed E-state index contributed by atoms with van der Waals surface area (Å²) in [5.41, 5.74) is -1.45. The number of hydrogen-bond donors (Lipinski definition) is 2. The predicted octanol–water partition coefficient (Wildman–Crippen LogP) is 4.40. The number of ether oxygens (including phenoxy) is 2. The quantitative estimate of drug-likeness (QED) is 0.409. The van der Waals surface area contributed by atoms with Crippen LogP contribution in [0.2, 0.25) is 0 Å². The Morgan fingerprint density at radius 1 is 1.19 bits per heavy atom. The number of amides is 3. The number of hydrogen-bond acceptors (Lipinski definition) is 8. The summed E-state index contributed by atoms with van der Waals surface area (Å²) in [5, 5.41) is 3.97. The van der Waals surface area contributed by atoms with Gasteiger partial charge < -0.3 is 19.7 Å². The van der Waals surface area contributed by atoms with Gasteiger partial charge in [0.05, 0.1) is 17.9 Å². The zero-order valence-corrected chi connectivity index (χ0v) is 28.8. The van der Waals surface area contributed by atoms with E-state index in [9.17, 15) is 27.2 Å². The van der Waals surface area contributed by atoms with Crippen LogP contribution in [0.25, 0.3) is 10.8 Å². The number of nitrogens with one attached hydrogen (secondary N) is 2. The van der Waals surface area contributed by atoms with Crippen LogP contribution in [-0.2, 0) is 24.4 Å². The number of sulfonamides is 1. The Bertz CT molecular complexity index is 1750. The molecule has 48 heavy (non-hydrogen) atoms. The number of nitrogens with zero attached hydrogens (tertiary/aromatic N) is 2. The largest absolute Gasteiger partial charge is 0.491 e. The highest BCUT2D eigenvalue weighted by Crippen LogP contribution is 2.47. The lowest BCUT2D eigenvalue weighted by Crippen LogP contribution is -2.57. The molecule has 0 bridgehead atoms. The fourth-order valence-corrected chi connectivity index (χ4v) is 8.39. The smallest absolute Gasteiger partial charge is 0.259 e. The van der Waals surface area contributed by atoms with E-state index in [4.69, 9.17) is 9.47 Å². The lowest BCUT2D eigenvalue weighted by molar-refractivity contribution is -0.140. The maximum Gasteiger partial charge on any atom is 0.259 e. The van der Waals surface area contributed by atoms with E-state index in [1.807, 2.05) is 19.1 Å². The molecule has 3 amide bonds. The standard InChI is InChI=1S/C35H45FN4O7S/c1-5-46-29-16-23-10-13-37-32(26(23)18-27(29)36)47-25-17-28-31(42)38-35(33(43)39-48(44,45)34(4)11-12-34)19-24(35)9-7-6-8-21(2)14-22(3)15-30(41)40(28)20-25/h7,9-10,13,16,18,21-22,24-25,28H,5-6,8,11-12,14-15,17,19-20H2,1-4H3,(H,38,42)(H,39,43)/b9-7-/t21-,22-,24-,25-,28+,35-/m1/s1. The Kier molecular flexibility index (Phi) is 9.20. The Balaban J connectivity index is 1.28. The molecular formula is C35H45FN4O7S. The van der Waals surface area contributed by atoms with Crippen LogP contribution in [0.3, 0.4) is 0 Å². The highest BCUT2D eigenvalue weighted by atomic mass is 32.2. The fraction of sp³-hybridized carbons (Fsp3) is 0.600. The van der Waals surface area contributed by atoms with Crippen molar-refractivity contribution in [1.82, 2.24) is 19.9 Å². The molecule has 0 unspecified atom stereocenters. The molecule has 3 heterocycles. The summed E-state index contributed by atoms with van der Waals surface area (Å²) in [6, 6.07) is 3.63. The van der Waals surface area contributed by atoms with Crippen LogP contribution >= 0.6 is 0 Å². The average molecular weight is 685 g/mol. The minimum Gasteiger partial charge on any atom is -0.491 e. The van der Waals surface area contributed by atoms with Crippen LogP contribution in [0.15, 0.2) is 36.5 Å². The van der Waals surface area contributed by atoms with Crippen LogP contribution in [-0.4, -0.2) is 71.6 Å². The van der Waals surface area contributed by atoms with Crippen molar-refractivity contribution in [2.24, 2.45) is 17.8 Å². The molecule has 260 valence electrons. The van der Waals surface area contributed by atoms with Crippen LogP contribution in [0.1, 0.15) is 79.1 Å². The molecule has 1 aromatic heterocycles. The third kappa shape index (κ3) is 6.75. The second-order valence-electron chi connectivity index (χ2n) is 14.4. The van der Waals surface area contributed by atoms with E-state index in [-0.39, 0.29) is 49.3 Å². The highest BCUT2D eigenvalue weighted by molar-refractivity contribution is 7.91. The first-order chi connectivity index (χ1) is 22.7. The van der Waals surface area contributed by atoms with Crippen molar-refractivity contribution in [1.29, 1.82) is 0 Å². The molecule has 6 atom stereocenters. The molecule has 2 aliphatic heterocycles. The Labute approximate surface area is 281 Å². The van der Waals surface area contributed by atoms with E-state index < -0.39 is 56.0 Å². The first-order valence-electron chi connectivity index (χ1n) is 17.0. The van der Waals surface area contributed by atoms with Crippen molar-refractivity contribution in [3.63, 3.8) is 0 Å². The zero-order chi connectivity index (χ0) is 34.4. The van der Waals surface area contributed by atoms with E-state index in [2.05, 4.69) is 21.9 Å². The van der Waals surface area contributed by atoms with Crippen LogP contribution in [0, 0.1) is 23.6 Å². The summed E-state index contributed by atoms with van der Waals surface area (Å²) in [4.78, 5) is 47.4. The summed E-state index contributed by atoms with van der Waals surface area (Å²) in [6.07, 6.45) is 8.79. The van der Waals surface area contributed by atoms with Crippen molar-refractivity contribution in [3.8, 4) is 11.6 Å². The Morgan fingerprint density at radius 2 is 1.96 bits per heavy atom. The van der Waals surface area contributed by atoms with Gasteiger partial charge in [-0.3, -0.25) is 19.1 Å². The van der Waals surface area contributed by atoms with E-state index in [1.54, 1.807) is 32.2 Å². The van der Waals surface area contributed by atoms with Gasteiger partial charge in [0.2, 0.25) is 27.7 Å². The van der Waals surface area contributed by atoms with Gasteiger partial charge in [0.25, 0.3) is 5.91 Å². The Morgan fingerprint density at radius 3 is 2.69 bits per heavy atom. The first-order valence-corrected chi connectivity index (χ1v) is 18.5. The summed E-state index contributed by atoms with van der Waals surface area (Å²) in [7, 11) is -3.94. The number of benzene rings is 1. The number of fused-ring (bicyclic) bond motifs is 3. The molecule has 1 aromatic carbocycles. The van der Waals surface area contributed by atoms with Gasteiger partial charge in [0.1, 0.15) is 17.7 Å². The minimum absolute atomic E-state index is 0.0760. The van der Waals surface area contributed by atoms with Gasteiger partial charge in [-0.05, 0) is 87.8 Å². The molecule has 11 nitrogen and oxygen atoms in total. The van der Waals surface area contributed by atoms with Crippen molar-refractivity contribution in [2.45, 2.75) is 101 Å². The molecule has 6 rings (SSSR count). The highest BCUT2D eigenvalue weighted by Gasteiger charge is 2.63. The zero-order valence-electron chi connectivity index (χ0n) is 28.0. The lowest BCUT2D eigenvalue weighted by atomic mass is 9.91. The number of aromatic nitrogens is 1. The monoisotopic (exact) mass is 684 g/mol. The lowest BCUT2D eigenvalue weighted by Gasteiger charge is -2.28. The molecule has 2 aromatic rings. The number of rotatable bonds is 7. The van der Waals surface area contributed by atoms with Crippen molar-refractivity contribution in [3.05, 3.63) is 42.4 Å². The van der Waals surface area contributed by atoms with E-state index >= 15 is 0 Å². The molecular weight excluding hydrogens is 639 g/mol. The van der Waals surface area contributed by atoms with Gasteiger partial charge >= 0.3 is 0 Å². The third-order valence-electron chi connectivity index (χ3n) is 10.4. The van der Waals surface area contributed by atoms with Crippen molar-refractivity contribution < 1.29 is 36.7 Å². The Hall–Kier alpha value is -3.74. The van der Waals surface area contributed by atoms with E-state index in [1.165, 1.54) is 11.0 Å². The molecule has 0 spiro atoms. The van der Waals surface area contributed by atoms with E-state index in [0.29, 0.717) is 36.1 Å². The number of carbonyl (C=O) groups excluding carboxylic acids is 3. The van der Waals surface area contributed by atoms with Crippen LogP contribution in [0.4, 0.5) is 4.39 Å². The van der Waals surface area contributed by atoms with Crippen LogP contribution < -0.4 is 19.5 Å².